The van der Waals surface area contributed by atoms with Gasteiger partial charge in [0.25, 0.3) is 5.69 Å². The molecule has 8 heteroatoms. The molecular weight excluding hydrogens is 292 g/mol. The summed E-state index contributed by atoms with van der Waals surface area (Å²) < 4.78 is 22.4. The van der Waals surface area contributed by atoms with Gasteiger partial charge in [0.1, 0.15) is 0 Å². The van der Waals surface area contributed by atoms with Crippen LogP contribution >= 0.6 is 11.6 Å². The summed E-state index contributed by atoms with van der Waals surface area (Å²) in [6.07, 6.45) is 1.54. The minimum Gasteiger partial charge on any atom is -0.305 e. The summed E-state index contributed by atoms with van der Waals surface area (Å²) in [6.45, 7) is 0.206. The van der Waals surface area contributed by atoms with Gasteiger partial charge in [0, 0.05) is 34.6 Å². The molecule has 1 heterocycles. The Morgan fingerprint density at radius 2 is 2.21 bits per heavy atom. The van der Waals surface area contributed by atoms with Crippen LogP contribution in [0.2, 0.25) is 5.02 Å². The summed E-state index contributed by atoms with van der Waals surface area (Å²) >= 11 is 5.71. The van der Waals surface area contributed by atoms with Gasteiger partial charge in [-0.1, -0.05) is 17.7 Å². The summed E-state index contributed by atoms with van der Waals surface area (Å²) in [7, 11) is -3.13. The molecule has 1 aliphatic heterocycles. The van der Waals surface area contributed by atoms with Crippen LogP contribution in [0.25, 0.3) is 0 Å². The maximum atomic E-state index is 11.2. The fourth-order valence-electron chi connectivity index (χ4n) is 1.80. The molecular formula is C11H11ClN2O4S. The van der Waals surface area contributed by atoms with E-state index in [2.05, 4.69) is 5.32 Å². The highest BCUT2D eigenvalue weighted by molar-refractivity contribution is 7.94. The van der Waals surface area contributed by atoms with Gasteiger partial charge >= 0.3 is 0 Å². The average molecular weight is 303 g/mol. The lowest BCUT2D eigenvalue weighted by molar-refractivity contribution is -0.385. The lowest BCUT2D eigenvalue weighted by atomic mass is 10.1. The minimum absolute atomic E-state index is 0.0195. The normalized spacial score (nSPS) is 20.6. The van der Waals surface area contributed by atoms with E-state index < -0.39 is 14.8 Å². The van der Waals surface area contributed by atoms with Gasteiger partial charge in [0.2, 0.25) is 0 Å². The molecule has 0 saturated carbocycles. The Morgan fingerprint density at radius 1 is 1.47 bits per heavy atom. The predicted octanol–water partition coefficient (Wildman–Crippen LogP) is 1.65. The molecule has 1 N–H and O–H groups in total. The highest BCUT2D eigenvalue weighted by atomic mass is 35.5. The zero-order valence-corrected chi connectivity index (χ0v) is 11.3. The average Bonchev–Trinajstić information content (AvgIpc) is 2.67. The Labute approximate surface area is 115 Å². The maximum absolute atomic E-state index is 11.2. The van der Waals surface area contributed by atoms with E-state index in [-0.39, 0.29) is 24.0 Å². The number of nitro benzene ring substituents is 1. The molecule has 0 spiro atoms. The summed E-state index contributed by atoms with van der Waals surface area (Å²) in [5, 5.41) is 15.3. The molecule has 1 unspecified atom stereocenters. The van der Waals surface area contributed by atoms with Crippen LogP contribution in [0.4, 0.5) is 5.69 Å². The Morgan fingerprint density at radius 3 is 2.79 bits per heavy atom. The SMILES string of the molecule is O=[N+]([O-])c1cc(Cl)ccc1CNC1C=CS(=O)(=O)C1. The molecule has 1 aliphatic rings. The van der Waals surface area contributed by atoms with E-state index in [1.807, 2.05) is 0 Å². The van der Waals surface area contributed by atoms with Crippen molar-refractivity contribution >= 4 is 27.1 Å². The van der Waals surface area contributed by atoms with Crippen molar-refractivity contribution in [2.75, 3.05) is 5.75 Å². The molecule has 0 bridgehead atoms. The topological polar surface area (TPSA) is 89.3 Å². The number of hydrogen-bond acceptors (Lipinski definition) is 5. The van der Waals surface area contributed by atoms with Crippen LogP contribution in [0.15, 0.2) is 29.7 Å². The van der Waals surface area contributed by atoms with Crippen LogP contribution in [0.5, 0.6) is 0 Å². The second-order valence-corrected chi connectivity index (χ2v) is 6.54. The van der Waals surface area contributed by atoms with Crippen LogP contribution in [0.1, 0.15) is 5.56 Å². The van der Waals surface area contributed by atoms with Crippen LogP contribution in [-0.2, 0) is 16.4 Å². The van der Waals surface area contributed by atoms with Gasteiger partial charge < -0.3 is 5.32 Å². The first-order chi connectivity index (χ1) is 8.87. The smallest absolute Gasteiger partial charge is 0.275 e. The molecule has 102 valence electrons. The third kappa shape index (κ3) is 3.52. The van der Waals surface area contributed by atoms with Crippen molar-refractivity contribution in [1.82, 2.24) is 5.32 Å². The first kappa shape index (κ1) is 14.0. The van der Waals surface area contributed by atoms with E-state index >= 15 is 0 Å². The zero-order valence-electron chi connectivity index (χ0n) is 9.74. The second-order valence-electron chi connectivity index (χ2n) is 4.18. The number of benzene rings is 1. The summed E-state index contributed by atoms with van der Waals surface area (Å²) in [4.78, 5) is 10.4. The van der Waals surface area contributed by atoms with Gasteiger partial charge in [-0.2, -0.15) is 0 Å². The molecule has 2 rings (SSSR count). The van der Waals surface area contributed by atoms with Crippen LogP contribution in [0.3, 0.4) is 0 Å². The fourth-order valence-corrected chi connectivity index (χ4v) is 3.24. The van der Waals surface area contributed by atoms with E-state index in [1.165, 1.54) is 12.1 Å². The second kappa shape index (κ2) is 5.28. The molecule has 0 aliphatic carbocycles. The van der Waals surface area contributed by atoms with E-state index in [0.717, 1.165) is 5.41 Å². The standard InChI is InChI=1S/C11H11ClN2O4S/c12-9-2-1-8(11(5-9)14(15)16)6-13-10-3-4-19(17,18)7-10/h1-5,10,13H,6-7H2. The zero-order chi connectivity index (χ0) is 14.0. The number of nitrogens with one attached hydrogen (secondary N) is 1. The van der Waals surface area contributed by atoms with Crippen molar-refractivity contribution in [3.05, 3.63) is 50.4 Å². The molecule has 0 amide bonds. The van der Waals surface area contributed by atoms with Gasteiger partial charge in [-0.15, -0.1) is 0 Å². The van der Waals surface area contributed by atoms with Crippen LogP contribution < -0.4 is 5.32 Å². The van der Waals surface area contributed by atoms with Crippen molar-refractivity contribution in [3.63, 3.8) is 0 Å². The van der Waals surface area contributed by atoms with E-state index in [0.29, 0.717) is 10.6 Å². The highest BCUT2D eigenvalue weighted by Gasteiger charge is 2.22. The Hall–Kier alpha value is -1.44. The third-order valence-electron chi connectivity index (χ3n) is 2.73. The monoisotopic (exact) mass is 302 g/mol. The first-order valence-corrected chi connectivity index (χ1v) is 7.54. The van der Waals surface area contributed by atoms with Crippen molar-refractivity contribution in [1.29, 1.82) is 0 Å². The van der Waals surface area contributed by atoms with Crippen LogP contribution in [-0.4, -0.2) is 25.1 Å². The molecule has 0 radical (unpaired) electrons. The summed E-state index contributed by atoms with van der Waals surface area (Å²) in [5.41, 5.74) is 0.386. The number of nitro groups is 1. The van der Waals surface area contributed by atoms with Crippen molar-refractivity contribution in [2.24, 2.45) is 0 Å². The van der Waals surface area contributed by atoms with Crippen molar-refractivity contribution in [3.8, 4) is 0 Å². The molecule has 1 atom stereocenters. The number of rotatable bonds is 4. The van der Waals surface area contributed by atoms with Gasteiger partial charge in [-0.3, -0.25) is 10.1 Å². The number of halogens is 1. The Balaban J connectivity index is 2.08. The largest absolute Gasteiger partial charge is 0.305 e. The quantitative estimate of drug-likeness (QED) is 0.674. The molecule has 1 aromatic rings. The van der Waals surface area contributed by atoms with Gasteiger partial charge in [-0.25, -0.2) is 8.42 Å². The minimum atomic E-state index is -3.13. The van der Waals surface area contributed by atoms with Gasteiger partial charge in [0.05, 0.1) is 10.7 Å². The van der Waals surface area contributed by atoms with E-state index in [1.54, 1.807) is 12.1 Å². The molecule has 19 heavy (non-hydrogen) atoms. The van der Waals surface area contributed by atoms with Crippen molar-refractivity contribution in [2.45, 2.75) is 12.6 Å². The predicted molar refractivity (Wildman–Crippen MR) is 71.7 cm³/mol. The lowest BCUT2D eigenvalue weighted by Crippen LogP contribution is -2.29. The molecule has 1 aromatic carbocycles. The van der Waals surface area contributed by atoms with E-state index in [9.17, 15) is 18.5 Å². The molecule has 0 aromatic heterocycles. The number of hydrogen-bond donors (Lipinski definition) is 1. The highest BCUT2D eigenvalue weighted by Crippen LogP contribution is 2.23. The summed E-state index contributed by atoms with van der Waals surface area (Å²) in [5.74, 6) is -0.0195. The molecule has 0 saturated heterocycles. The maximum Gasteiger partial charge on any atom is 0.275 e. The van der Waals surface area contributed by atoms with E-state index in [4.69, 9.17) is 11.6 Å². The fraction of sp³-hybridized carbons (Fsp3) is 0.273. The van der Waals surface area contributed by atoms with Crippen LogP contribution in [0, 0.1) is 10.1 Å². The van der Waals surface area contributed by atoms with Crippen molar-refractivity contribution < 1.29 is 13.3 Å². The van der Waals surface area contributed by atoms with Gasteiger partial charge in [-0.05, 0) is 12.1 Å². The number of nitrogens with zero attached hydrogens (tertiary/aromatic N) is 1. The Kier molecular flexibility index (Phi) is 3.88. The summed E-state index contributed by atoms with van der Waals surface area (Å²) in [6, 6.07) is 4.08. The van der Waals surface area contributed by atoms with Gasteiger partial charge in [0.15, 0.2) is 9.84 Å². The third-order valence-corrected chi connectivity index (χ3v) is 4.36. The Bertz CT molecular complexity index is 642. The molecule has 6 nitrogen and oxygen atoms in total. The first-order valence-electron chi connectivity index (χ1n) is 5.44. The lowest BCUT2D eigenvalue weighted by Gasteiger charge is -2.10. The molecule has 0 fully saturated rings. The number of sulfone groups is 1.